The zero-order chi connectivity index (χ0) is 32.5. The second-order valence-electron chi connectivity index (χ2n) is 12.7. The molecule has 3 aliphatic rings. The number of carbonyl (C=O) groups is 4. The van der Waals surface area contributed by atoms with Crippen molar-refractivity contribution < 1.29 is 19.2 Å². The van der Waals surface area contributed by atoms with Crippen molar-refractivity contribution >= 4 is 46.3 Å². The summed E-state index contributed by atoms with van der Waals surface area (Å²) in [6.07, 6.45) is 7.09. The summed E-state index contributed by atoms with van der Waals surface area (Å²) in [7, 11) is 0. The molecule has 1 unspecified atom stereocenters. The van der Waals surface area contributed by atoms with E-state index >= 15 is 0 Å². The minimum atomic E-state index is -0.591. The molecule has 0 bridgehead atoms. The first-order chi connectivity index (χ1) is 22.9. The fourth-order valence-electron chi connectivity index (χ4n) is 7.12. The highest BCUT2D eigenvalue weighted by Crippen LogP contribution is 2.35. The van der Waals surface area contributed by atoms with Gasteiger partial charge in [-0.05, 0) is 98.3 Å². The summed E-state index contributed by atoms with van der Waals surface area (Å²) in [4.78, 5) is 54.3. The Hall–Kier alpha value is -4.48. The predicted octanol–water partition coefficient (Wildman–Crippen LogP) is 4.64. The molecule has 4 aromatic rings. The Morgan fingerprint density at radius 2 is 1.83 bits per heavy atom. The van der Waals surface area contributed by atoms with Crippen LogP contribution < -0.4 is 11.1 Å². The number of piperidine rings is 2. The summed E-state index contributed by atoms with van der Waals surface area (Å²) in [5.41, 5.74) is 10.5. The van der Waals surface area contributed by atoms with Crippen LogP contribution in [0.5, 0.6) is 0 Å². The summed E-state index contributed by atoms with van der Waals surface area (Å²) in [6.45, 7) is 3.64. The van der Waals surface area contributed by atoms with Gasteiger partial charge in [0.1, 0.15) is 11.6 Å². The van der Waals surface area contributed by atoms with Crippen molar-refractivity contribution in [1.29, 1.82) is 0 Å². The Morgan fingerprint density at radius 1 is 1.00 bits per heavy atom. The van der Waals surface area contributed by atoms with Crippen LogP contribution in [0, 0.1) is 0 Å². The van der Waals surface area contributed by atoms with Crippen LogP contribution in [0.3, 0.4) is 0 Å². The summed E-state index contributed by atoms with van der Waals surface area (Å²) >= 11 is 1.78. The molecule has 0 saturated carbocycles. The third-order valence-electron chi connectivity index (χ3n) is 9.60. The van der Waals surface area contributed by atoms with Crippen LogP contribution in [0.15, 0.2) is 71.8 Å². The second-order valence-corrected chi connectivity index (χ2v) is 13.8. The summed E-state index contributed by atoms with van der Waals surface area (Å²) in [5.74, 6) is 0.198. The van der Waals surface area contributed by atoms with Gasteiger partial charge in [-0.1, -0.05) is 30.3 Å². The number of unbranched alkanes of at least 4 members (excludes halogenated alkanes) is 1. The monoisotopic (exact) mass is 650 g/mol. The maximum Gasteiger partial charge on any atom is 0.255 e. The Morgan fingerprint density at radius 3 is 2.64 bits per heavy atom. The number of hydrogen-bond donors (Lipinski definition) is 2. The fourth-order valence-corrected chi connectivity index (χ4v) is 8.21. The Bertz CT molecular complexity index is 1850. The van der Waals surface area contributed by atoms with E-state index in [2.05, 4.69) is 45.6 Å². The number of nitrogens with zero attached hydrogens (tertiary/aromatic N) is 4. The van der Waals surface area contributed by atoms with Gasteiger partial charge in [-0.2, -0.15) is 5.10 Å². The van der Waals surface area contributed by atoms with E-state index in [1.54, 1.807) is 22.7 Å². The first-order valence-electron chi connectivity index (χ1n) is 16.4. The van der Waals surface area contributed by atoms with Crippen molar-refractivity contribution in [2.45, 2.75) is 61.9 Å². The lowest BCUT2D eigenvalue weighted by Gasteiger charge is -2.33. The van der Waals surface area contributed by atoms with E-state index in [1.165, 1.54) is 18.4 Å². The fraction of sp³-hybridized carbons (Fsp3) is 0.361. The number of benzene rings is 3. The standard InChI is InChI=1S/C36H38N6O4S/c37-34(44)28-9-3-6-25-21-42(39-33(25)28)26-13-11-23(12-14-26)24-7-5-18-40(20-24)17-1-2-19-47-31-10-4-8-27-29(31)22-41(36(27)46)30-15-16-32(43)38-35(30)45/h3-4,6,8-14,21,24,30H,1-2,5,7,15-20,22H2,(H2,37,44)(H,38,43,45)/t24-,30?/m1/s1. The molecular formula is C36H38N6O4S. The van der Waals surface area contributed by atoms with E-state index in [0.717, 1.165) is 59.8 Å². The van der Waals surface area contributed by atoms with Gasteiger partial charge in [0.15, 0.2) is 0 Å². The van der Waals surface area contributed by atoms with Crippen LogP contribution >= 0.6 is 11.8 Å². The van der Waals surface area contributed by atoms with E-state index in [4.69, 9.17) is 5.73 Å². The van der Waals surface area contributed by atoms with Crippen LogP contribution in [-0.2, 0) is 16.1 Å². The Labute approximate surface area is 277 Å². The second kappa shape index (κ2) is 13.3. The van der Waals surface area contributed by atoms with Crippen molar-refractivity contribution in [2.75, 3.05) is 25.4 Å². The van der Waals surface area contributed by atoms with Crippen LogP contribution in [0.25, 0.3) is 16.6 Å². The molecule has 10 nitrogen and oxygen atoms in total. The lowest BCUT2D eigenvalue weighted by atomic mass is 9.90. The van der Waals surface area contributed by atoms with Crippen molar-refractivity contribution in [3.63, 3.8) is 0 Å². The molecule has 0 aliphatic carbocycles. The lowest BCUT2D eigenvalue weighted by Crippen LogP contribution is -2.52. The van der Waals surface area contributed by atoms with Crippen LogP contribution in [0.2, 0.25) is 0 Å². The molecule has 3 aromatic carbocycles. The molecule has 2 fully saturated rings. The van der Waals surface area contributed by atoms with Crippen molar-refractivity contribution in [3.05, 3.63) is 89.1 Å². The number of hydrogen-bond acceptors (Lipinski definition) is 7. The van der Waals surface area contributed by atoms with Crippen LogP contribution in [0.1, 0.15) is 76.3 Å². The summed E-state index contributed by atoms with van der Waals surface area (Å²) in [6, 6.07) is 19.3. The van der Waals surface area contributed by atoms with Gasteiger partial charge in [0, 0.05) is 41.6 Å². The number of fused-ring (bicyclic) bond motifs is 2. The number of imide groups is 1. The Kier molecular flexibility index (Phi) is 8.83. The molecule has 4 heterocycles. The molecule has 7 rings (SSSR count). The minimum Gasteiger partial charge on any atom is -0.366 e. The van der Waals surface area contributed by atoms with Gasteiger partial charge in [-0.25, -0.2) is 4.68 Å². The van der Waals surface area contributed by atoms with E-state index in [0.29, 0.717) is 35.5 Å². The third kappa shape index (κ3) is 6.42. The summed E-state index contributed by atoms with van der Waals surface area (Å²) in [5, 5.41) is 7.90. The smallest absolute Gasteiger partial charge is 0.255 e. The molecule has 0 spiro atoms. The van der Waals surface area contributed by atoms with Gasteiger partial charge in [-0.15, -0.1) is 11.8 Å². The number of nitrogens with one attached hydrogen (secondary N) is 1. The van der Waals surface area contributed by atoms with Gasteiger partial charge in [0.05, 0.1) is 11.3 Å². The highest BCUT2D eigenvalue weighted by atomic mass is 32.2. The van der Waals surface area contributed by atoms with E-state index in [1.807, 2.05) is 35.1 Å². The molecule has 3 aliphatic heterocycles. The van der Waals surface area contributed by atoms with Crippen LogP contribution in [-0.4, -0.2) is 74.6 Å². The number of primary amides is 1. The lowest BCUT2D eigenvalue weighted by molar-refractivity contribution is -0.136. The number of amides is 4. The number of carbonyl (C=O) groups excluding carboxylic acids is 4. The van der Waals surface area contributed by atoms with Gasteiger partial charge < -0.3 is 15.5 Å². The van der Waals surface area contributed by atoms with E-state index in [9.17, 15) is 19.2 Å². The largest absolute Gasteiger partial charge is 0.366 e. The van der Waals surface area contributed by atoms with Gasteiger partial charge in [-0.3, -0.25) is 24.5 Å². The molecular weight excluding hydrogens is 613 g/mol. The first-order valence-corrected chi connectivity index (χ1v) is 17.3. The number of nitrogens with two attached hydrogens (primary N) is 1. The third-order valence-corrected chi connectivity index (χ3v) is 10.8. The van der Waals surface area contributed by atoms with Gasteiger partial charge in [0.25, 0.3) is 11.8 Å². The van der Waals surface area contributed by atoms with E-state index < -0.39 is 11.9 Å². The first kappa shape index (κ1) is 31.1. The average Bonchev–Trinajstić information content (AvgIpc) is 3.66. The number of likely N-dealkylation sites (tertiary alicyclic amines) is 1. The van der Waals surface area contributed by atoms with Crippen LogP contribution in [0.4, 0.5) is 0 Å². The quantitative estimate of drug-likeness (QED) is 0.145. The van der Waals surface area contributed by atoms with Crippen molar-refractivity contribution in [1.82, 2.24) is 24.9 Å². The molecule has 4 amide bonds. The normalized spacial score (nSPS) is 20.1. The van der Waals surface area contributed by atoms with Crippen molar-refractivity contribution in [2.24, 2.45) is 5.73 Å². The van der Waals surface area contributed by atoms with Gasteiger partial charge in [0.2, 0.25) is 11.8 Å². The molecule has 2 atom stereocenters. The molecule has 2 saturated heterocycles. The zero-order valence-corrected chi connectivity index (χ0v) is 27.0. The molecule has 11 heteroatoms. The molecule has 1 aromatic heterocycles. The van der Waals surface area contributed by atoms with Gasteiger partial charge >= 0.3 is 0 Å². The molecule has 47 heavy (non-hydrogen) atoms. The minimum absolute atomic E-state index is 0.125. The SMILES string of the molecule is NC(=O)c1cccc2cn(-c3ccc([C@@H]4CCCN(CCCCSc5cccc6c5CN(C5CCC(=O)NC5=O)C6=O)C4)cc3)nc12. The topological polar surface area (TPSA) is 131 Å². The Balaban J connectivity index is 0.899. The maximum absolute atomic E-state index is 13.1. The predicted molar refractivity (Wildman–Crippen MR) is 180 cm³/mol. The highest BCUT2D eigenvalue weighted by molar-refractivity contribution is 7.99. The van der Waals surface area contributed by atoms with E-state index in [-0.39, 0.29) is 24.1 Å². The maximum atomic E-state index is 13.1. The zero-order valence-electron chi connectivity index (χ0n) is 26.2. The number of thioether (sulfide) groups is 1. The highest BCUT2D eigenvalue weighted by Gasteiger charge is 2.39. The summed E-state index contributed by atoms with van der Waals surface area (Å²) < 4.78 is 1.81. The average molecular weight is 651 g/mol. The van der Waals surface area contributed by atoms with Crippen molar-refractivity contribution in [3.8, 4) is 5.69 Å². The number of rotatable bonds is 10. The molecule has 0 radical (unpaired) electrons. The number of aromatic nitrogens is 2. The molecule has 242 valence electrons. The molecule has 3 N–H and O–H groups in total.